The molecular formula is C25H21N3O7. The van der Waals surface area contributed by atoms with Crippen LogP contribution in [0.4, 0.5) is 17.1 Å². The smallest absolute Gasteiger partial charge is 0.291 e. The molecule has 3 aromatic carbocycles. The minimum absolute atomic E-state index is 0.00984. The zero-order valence-corrected chi connectivity index (χ0v) is 18.8. The van der Waals surface area contributed by atoms with Gasteiger partial charge in [0.05, 0.1) is 36.1 Å². The van der Waals surface area contributed by atoms with E-state index in [9.17, 15) is 20.0 Å². The van der Waals surface area contributed by atoms with E-state index in [0.717, 1.165) is 11.5 Å². The minimum atomic E-state index is -0.582. The van der Waals surface area contributed by atoms with E-state index < -0.39 is 10.8 Å². The van der Waals surface area contributed by atoms with Gasteiger partial charge in [0.15, 0.2) is 17.3 Å². The lowest BCUT2D eigenvalue weighted by Gasteiger charge is -2.10. The van der Waals surface area contributed by atoms with Crippen LogP contribution >= 0.6 is 0 Å². The highest BCUT2D eigenvalue weighted by Gasteiger charge is 2.17. The second kappa shape index (κ2) is 9.96. The third kappa shape index (κ3) is 5.06. The summed E-state index contributed by atoms with van der Waals surface area (Å²) in [6, 6.07) is 16.1. The molecule has 1 amide bonds. The number of non-ortho nitro benzene ring substituents is 1. The molecule has 0 aliphatic heterocycles. The van der Waals surface area contributed by atoms with Gasteiger partial charge in [-0.05, 0) is 31.2 Å². The van der Waals surface area contributed by atoms with Crippen LogP contribution in [0, 0.1) is 10.1 Å². The van der Waals surface area contributed by atoms with Crippen molar-refractivity contribution in [3.05, 3.63) is 82.1 Å². The molecule has 4 rings (SSSR count). The number of nitrogens with zero attached hydrogens (tertiary/aromatic N) is 2. The molecule has 1 aromatic heterocycles. The number of nitro benzene ring substituents is 1. The van der Waals surface area contributed by atoms with Gasteiger partial charge in [0.25, 0.3) is 11.6 Å². The highest BCUT2D eigenvalue weighted by Crippen LogP contribution is 2.35. The number of ether oxygens (including phenoxy) is 2. The van der Waals surface area contributed by atoms with E-state index in [1.54, 1.807) is 37.3 Å². The van der Waals surface area contributed by atoms with E-state index in [2.05, 4.69) is 10.3 Å². The van der Waals surface area contributed by atoms with Crippen LogP contribution in [-0.4, -0.2) is 35.9 Å². The van der Waals surface area contributed by atoms with Gasteiger partial charge in [0, 0.05) is 29.3 Å². The Morgan fingerprint density at radius 3 is 2.69 bits per heavy atom. The largest absolute Gasteiger partial charge is 0.504 e. The normalized spacial score (nSPS) is 11.0. The van der Waals surface area contributed by atoms with Gasteiger partial charge in [-0.25, -0.2) is 0 Å². The van der Waals surface area contributed by atoms with Crippen LogP contribution in [0.5, 0.6) is 17.2 Å². The molecule has 0 atom stereocenters. The number of nitro groups is 1. The van der Waals surface area contributed by atoms with Crippen molar-refractivity contribution in [2.45, 2.75) is 6.92 Å². The predicted octanol–water partition coefficient (Wildman–Crippen LogP) is 5.46. The van der Waals surface area contributed by atoms with Crippen molar-refractivity contribution in [1.29, 1.82) is 0 Å². The summed E-state index contributed by atoms with van der Waals surface area (Å²) in [5.74, 6) is -0.225. The highest BCUT2D eigenvalue weighted by molar-refractivity contribution is 6.05. The van der Waals surface area contributed by atoms with Gasteiger partial charge in [-0.15, -0.1) is 0 Å². The average molecular weight is 475 g/mol. The number of carbonyl (C=O) groups is 1. The Bertz CT molecular complexity index is 1410. The first kappa shape index (κ1) is 23.3. The number of aromatic hydroxyl groups is 1. The predicted molar refractivity (Wildman–Crippen MR) is 130 cm³/mol. The van der Waals surface area contributed by atoms with Gasteiger partial charge in [-0.3, -0.25) is 19.9 Å². The van der Waals surface area contributed by atoms with Crippen LogP contribution in [0.25, 0.3) is 11.0 Å². The first-order valence-corrected chi connectivity index (χ1v) is 10.6. The number of furan rings is 1. The van der Waals surface area contributed by atoms with Gasteiger partial charge in [-0.1, -0.05) is 18.2 Å². The molecule has 0 unspecified atom stereocenters. The number of aliphatic imine (C=N–C) groups is 1. The van der Waals surface area contributed by atoms with Crippen LogP contribution in [-0.2, 0) is 0 Å². The molecule has 0 saturated heterocycles. The molecule has 4 aromatic rings. The molecule has 0 fully saturated rings. The summed E-state index contributed by atoms with van der Waals surface area (Å²) < 4.78 is 16.3. The minimum Gasteiger partial charge on any atom is -0.504 e. The maximum Gasteiger partial charge on any atom is 0.291 e. The van der Waals surface area contributed by atoms with E-state index in [1.165, 1.54) is 19.4 Å². The van der Waals surface area contributed by atoms with Gasteiger partial charge in [-0.2, -0.15) is 0 Å². The lowest BCUT2D eigenvalue weighted by Crippen LogP contribution is -2.11. The summed E-state index contributed by atoms with van der Waals surface area (Å²) in [5.41, 5.74) is 1.30. The van der Waals surface area contributed by atoms with Crippen molar-refractivity contribution in [3.8, 4) is 17.2 Å². The van der Waals surface area contributed by atoms with Gasteiger partial charge >= 0.3 is 0 Å². The zero-order chi connectivity index (χ0) is 24.9. The van der Waals surface area contributed by atoms with Crippen molar-refractivity contribution in [3.63, 3.8) is 0 Å². The number of rotatable bonds is 8. The Balaban J connectivity index is 1.57. The van der Waals surface area contributed by atoms with Crippen LogP contribution in [0.2, 0.25) is 0 Å². The fourth-order valence-electron chi connectivity index (χ4n) is 3.37. The lowest BCUT2D eigenvalue weighted by molar-refractivity contribution is -0.385. The monoisotopic (exact) mass is 475 g/mol. The number of anilines is 1. The molecule has 0 aliphatic carbocycles. The molecule has 0 saturated carbocycles. The summed E-state index contributed by atoms with van der Waals surface area (Å²) in [5, 5.41) is 25.2. The third-order valence-corrected chi connectivity index (χ3v) is 5.04. The van der Waals surface area contributed by atoms with Crippen LogP contribution in [0.15, 0.2) is 70.1 Å². The van der Waals surface area contributed by atoms with Crippen molar-refractivity contribution >= 4 is 40.2 Å². The fourth-order valence-corrected chi connectivity index (χ4v) is 3.37. The number of hydrogen-bond donors (Lipinski definition) is 2. The summed E-state index contributed by atoms with van der Waals surface area (Å²) in [4.78, 5) is 27.6. The molecule has 178 valence electrons. The Morgan fingerprint density at radius 2 is 1.97 bits per heavy atom. The number of para-hydroxylation sites is 1. The first-order valence-electron chi connectivity index (χ1n) is 10.6. The van der Waals surface area contributed by atoms with E-state index >= 15 is 0 Å². The Morgan fingerprint density at radius 1 is 1.17 bits per heavy atom. The molecule has 0 bridgehead atoms. The van der Waals surface area contributed by atoms with Crippen LogP contribution < -0.4 is 14.8 Å². The van der Waals surface area contributed by atoms with Gasteiger partial charge < -0.3 is 24.3 Å². The summed E-state index contributed by atoms with van der Waals surface area (Å²) in [6.07, 6.45) is 1.28. The topological polar surface area (TPSA) is 136 Å². The average Bonchev–Trinajstić information content (AvgIpc) is 3.29. The standard InChI is InChI=1S/C25H21N3O7/c1-3-34-22-13-18(28(31)32)10-16(24(22)29)14-26-17-8-9-19(21(12-17)33-2)27-25(30)23-11-15-6-4-5-7-20(15)35-23/h4-14,29H,3H2,1-2H3,(H,27,30). The van der Waals surface area contributed by atoms with Crippen molar-refractivity contribution < 1.29 is 28.7 Å². The number of carbonyl (C=O) groups excluding carboxylic acids is 1. The van der Waals surface area contributed by atoms with Crippen LogP contribution in [0.1, 0.15) is 23.0 Å². The maximum absolute atomic E-state index is 12.7. The molecule has 2 N–H and O–H groups in total. The van der Waals surface area contributed by atoms with E-state index in [1.807, 2.05) is 18.2 Å². The number of phenolic OH excluding ortho intramolecular Hbond substituents is 1. The number of fused-ring (bicyclic) bond motifs is 1. The summed E-state index contributed by atoms with van der Waals surface area (Å²) >= 11 is 0. The van der Waals surface area contributed by atoms with Gasteiger partial charge in [0.1, 0.15) is 11.3 Å². The van der Waals surface area contributed by atoms with Gasteiger partial charge in [0.2, 0.25) is 0 Å². The second-order valence-corrected chi connectivity index (χ2v) is 7.32. The van der Waals surface area contributed by atoms with E-state index in [0.29, 0.717) is 22.7 Å². The second-order valence-electron chi connectivity index (χ2n) is 7.32. The SMILES string of the molecule is CCOc1cc([N+](=O)[O-])cc(C=Nc2ccc(NC(=O)c3cc4ccccc4o3)c(OC)c2)c1O. The highest BCUT2D eigenvalue weighted by atomic mass is 16.6. The molecule has 35 heavy (non-hydrogen) atoms. The number of amides is 1. The van der Waals surface area contributed by atoms with Crippen molar-refractivity contribution in [2.24, 2.45) is 4.99 Å². The number of phenols is 1. The van der Waals surface area contributed by atoms with Crippen molar-refractivity contribution in [2.75, 3.05) is 19.0 Å². The number of hydrogen-bond acceptors (Lipinski definition) is 8. The molecule has 0 radical (unpaired) electrons. The third-order valence-electron chi connectivity index (χ3n) is 5.04. The van der Waals surface area contributed by atoms with E-state index in [4.69, 9.17) is 13.9 Å². The molecular weight excluding hydrogens is 454 g/mol. The molecule has 1 heterocycles. The quantitative estimate of drug-likeness (QED) is 0.196. The zero-order valence-electron chi connectivity index (χ0n) is 18.8. The molecule has 0 spiro atoms. The number of nitrogens with one attached hydrogen (secondary N) is 1. The first-order chi connectivity index (χ1) is 16.9. The Kier molecular flexibility index (Phi) is 6.63. The fraction of sp³-hybridized carbons (Fsp3) is 0.120. The van der Waals surface area contributed by atoms with Crippen LogP contribution in [0.3, 0.4) is 0 Å². The maximum atomic E-state index is 12.7. The Labute approximate surface area is 199 Å². The number of benzene rings is 3. The summed E-state index contributed by atoms with van der Waals surface area (Å²) in [6.45, 7) is 1.93. The Hall–Kier alpha value is -4.86. The van der Waals surface area contributed by atoms with E-state index in [-0.39, 0.29) is 35.1 Å². The molecule has 0 aliphatic rings. The summed E-state index contributed by atoms with van der Waals surface area (Å²) in [7, 11) is 1.44. The molecule has 10 heteroatoms. The lowest BCUT2D eigenvalue weighted by atomic mass is 10.1. The van der Waals surface area contributed by atoms with Crippen molar-refractivity contribution in [1.82, 2.24) is 0 Å². The number of methoxy groups -OCH3 is 1. The molecule has 10 nitrogen and oxygen atoms in total.